The van der Waals surface area contributed by atoms with Crippen LogP contribution in [0.1, 0.15) is 12.0 Å². The van der Waals surface area contributed by atoms with Crippen molar-refractivity contribution < 1.29 is 9.90 Å². The van der Waals surface area contributed by atoms with Crippen molar-refractivity contribution in [2.75, 3.05) is 11.9 Å². The Labute approximate surface area is 81.7 Å². The molecule has 0 radical (unpaired) electrons. The molecule has 4 nitrogen and oxygen atoms in total. The van der Waals surface area contributed by atoms with Gasteiger partial charge in [-0.15, -0.1) is 0 Å². The number of hydrogen-bond donors (Lipinski definition) is 3. The van der Waals surface area contributed by atoms with Crippen molar-refractivity contribution in [3.63, 3.8) is 0 Å². The zero-order valence-corrected chi connectivity index (χ0v) is 7.66. The summed E-state index contributed by atoms with van der Waals surface area (Å²) in [6.45, 7) is 0.276. The summed E-state index contributed by atoms with van der Waals surface area (Å²) in [5.74, 6) is -0.385. The largest absolute Gasteiger partial charge is 0.375 e. The van der Waals surface area contributed by atoms with Gasteiger partial charge in [0.15, 0.2) is 5.60 Å². The quantitative estimate of drug-likeness (QED) is 0.625. The molecule has 0 fully saturated rings. The first-order valence-corrected chi connectivity index (χ1v) is 4.52. The lowest BCUT2D eigenvalue weighted by Gasteiger charge is -2.19. The van der Waals surface area contributed by atoms with Crippen LogP contribution in [0.3, 0.4) is 0 Å². The molecule has 4 N–H and O–H groups in total. The molecule has 1 heterocycles. The summed E-state index contributed by atoms with van der Waals surface area (Å²) in [5, 5.41) is 12.7. The van der Waals surface area contributed by atoms with Crippen molar-refractivity contribution in [1.82, 2.24) is 0 Å². The molecule has 4 heteroatoms. The van der Waals surface area contributed by atoms with Crippen LogP contribution in [0.5, 0.6) is 0 Å². The Bertz CT molecular complexity index is 378. The van der Waals surface area contributed by atoms with Gasteiger partial charge in [-0.2, -0.15) is 0 Å². The number of nitrogens with one attached hydrogen (secondary N) is 1. The smallest absolute Gasteiger partial charge is 0.261 e. The molecule has 0 saturated carbocycles. The van der Waals surface area contributed by atoms with E-state index < -0.39 is 5.60 Å². The van der Waals surface area contributed by atoms with Crippen molar-refractivity contribution in [3.8, 4) is 0 Å². The van der Waals surface area contributed by atoms with Gasteiger partial charge in [-0.25, -0.2) is 0 Å². The van der Waals surface area contributed by atoms with E-state index in [0.29, 0.717) is 11.3 Å². The molecule has 14 heavy (non-hydrogen) atoms. The molecule has 1 aromatic rings. The van der Waals surface area contributed by atoms with Crippen LogP contribution in [0.2, 0.25) is 0 Å². The van der Waals surface area contributed by atoms with Gasteiger partial charge in [0.2, 0.25) is 0 Å². The lowest BCUT2D eigenvalue weighted by molar-refractivity contribution is -0.134. The van der Waals surface area contributed by atoms with E-state index in [2.05, 4.69) is 5.32 Å². The third-order valence-electron chi connectivity index (χ3n) is 2.50. The fraction of sp³-hybridized carbons (Fsp3) is 0.300. The topological polar surface area (TPSA) is 75.3 Å². The number of benzene rings is 1. The number of carbonyl (C=O) groups excluding carboxylic acids is 1. The molecule has 0 saturated heterocycles. The standard InChI is InChI=1S/C10H12N2O2/c11-6-5-10(14)7-3-1-2-4-8(7)12-9(10)13/h1-4,14H,5-6,11H2,(H,12,13)/t10-/m1/s1. The maximum atomic E-state index is 11.5. The van der Waals surface area contributed by atoms with E-state index >= 15 is 0 Å². The van der Waals surface area contributed by atoms with Crippen LogP contribution in [-0.2, 0) is 10.4 Å². The van der Waals surface area contributed by atoms with Crippen LogP contribution in [0.25, 0.3) is 0 Å². The van der Waals surface area contributed by atoms with Gasteiger partial charge in [0.1, 0.15) is 0 Å². The summed E-state index contributed by atoms with van der Waals surface area (Å²) in [7, 11) is 0. The van der Waals surface area contributed by atoms with Crippen LogP contribution in [0, 0.1) is 0 Å². The van der Waals surface area contributed by atoms with E-state index in [1.807, 2.05) is 6.07 Å². The maximum Gasteiger partial charge on any atom is 0.261 e. The van der Waals surface area contributed by atoms with E-state index in [9.17, 15) is 9.90 Å². The van der Waals surface area contributed by atoms with Crippen molar-refractivity contribution >= 4 is 11.6 Å². The average Bonchev–Trinajstić information content (AvgIpc) is 2.41. The highest BCUT2D eigenvalue weighted by atomic mass is 16.3. The molecular weight excluding hydrogens is 180 g/mol. The Morgan fingerprint density at radius 3 is 2.86 bits per heavy atom. The number of aliphatic hydroxyl groups is 1. The van der Waals surface area contributed by atoms with Gasteiger partial charge in [0.25, 0.3) is 5.91 Å². The molecule has 1 atom stereocenters. The van der Waals surface area contributed by atoms with Crippen molar-refractivity contribution in [1.29, 1.82) is 0 Å². The first kappa shape index (κ1) is 9.18. The van der Waals surface area contributed by atoms with E-state index in [0.717, 1.165) is 0 Å². The number of fused-ring (bicyclic) bond motifs is 1. The maximum absolute atomic E-state index is 11.5. The van der Waals surface area contributed by atoms with E-state index in [4.69, 9.17) is 5.73 Å². The minimum absolute atomic E-state index is 0.246. The second-order valence-electron chi connectivity index (χ2n) is 3.40. The molecule has 0 aromatic heterocycles. The third kappa shape index (κ3) is 1.12. The number of carbonyl (C=O) groups is 1. The van der Waals surface area contributed by atoms with Crippen LogP contribution in [0.15, 0.2) is 24.3 Å². The van der Waals surface area contributed by atoms with Crippen LogP contribution in [-0.4, -0.2) is 17.6 Å². The fourth-order valence-electron chi connectivity index (χ4n) is 1.76. The van der Waals surface area contributed by atoms with Gasteiger partial charge in [0, 0.05) is 17.7 Å². The predicted molar refractivity (Wildman–Crippen MR) is 52.6 cm³/mol. The van der Waals surface area contributed by atoms with Crippen LogP contribution < -0.4 is 11.1 Å². The minimum Gasteiger partial charge on any atom is -0.375 e. The van der Waals surface area contributed by atoms with Crippen LogP contribution in [0.4, 0.5) is 5.69 Å². The Balaban J connectivity index is 2.48. The van der Waals surface area contributed by atoms with E-state index in [-0.39, 0.29) is 18.9 Å². The number of hydrogen-bond acceptors (Lipinski definition) is 3. The number of anilines is 1. The summed E-state index contributed by atoms with van der Waals surface area (Å²) < 4.78 is 0. The highest BCUT2D eigenvalue weighted by molar-refractivity contribution is 6.04. The Kier molecular flexibility index (Phi) is 2.02. The lowest BCUT2D eigenvalue weighted by Crippen LogP contribution is -2.36. The molecule has 0 spiro atoms. The molecule has 1 aliphatic rings. The second-order valence-corrected chi connectivity index (χ2v) is 3.40. The van der Waals surface area contributed by atoms with Crippen molar-refractivity contribution in [3.05, 3.63) is 29.8 Å². The summed E-state index contributed by atoms with van der Waals surface area (Å²) in [4.78, 5) is 11.5. The molecule has 1 aliphatic heterocycles. The third-order valence-corrected chi connectivity index (χ3v) is 2.50. The molecule has 2 rings (SSSR count). The van der Waals surface area contributed by atoms with Gasteiger partial charge >= 0.3 is 0 Å². The van der Waals surface area contributed by atoms with Crippen molar-refractivity contribution in [2.45, 2.75) is 12.0 Å². The summed E-state index contributed by atoms with van der Waals surface area (Å²) >= 11 is 0. The lowest BCUT2D eigenvalue weighted by atomic mass is 9.92. The number of nitrogens with two attached hydrogens (primary N) is 1. The number of rotatable bonds is 2. The van der Waals surface area contributed by atoms with E-state index in [1.54, 1.807) is 18.2 Å². The molecule has 0 aliphatic carbocycles. The first-order chi connectivity index (χ1) is 6.68. The number of amides is 1. The summed E-state index contributed by atoms with van der Waals surface area (Å²) in [5.41, 5.74) is 5.23. The number of para-hydroxylation sites is 1. The normalized spacial score (nSPS) is 24.6. The zero-order valence-electron chi connectivity index (χ0n) is 7.66. The first-order valence-electron chi connectivity index (χ1n) is 4.52. The Morgan fingerprint density at radius 1 is 1.43 bits per heavy atom. The van der Waals surface area contributed by atoms with Gasteiger partial charge in [0.05, 0.1) is 0 Å². The Hall–Kier alpha value is -1.39. The minimum atomic E-state index is -1.44. The molecule has 1 amide bonds. The monoisotopic (exact) mass is 192 g/mol. The zero-order chi connectivity index (χ0) is 10.2. The molecule has 1 aromatic carbocycles. The second kappa shape index (κ2) is 3.08. The van der Waals surface area contributed by atoms with Gasteiger partial charge in [-0.3, -0.25) is 4.79 Å². The summed E-state index contributed by atoms with van der Waals surface area (Å²) in [6.07, 6.45) is 0.246. The average molecular weight is 192 g/mol. The molecule has 74 valence electrons. The van der Waals surface area contributed by atoms with Gasteiger partial charge < -0.3 is 16.2 Å². The fourth-order valence-corrected chi connectivity index (χ4v) is 1.76. The Morgan fingerprint density at radius 2 is 2.14 bits per heavy atom. The summed E-state index contributed by atoms with van der Waals surface area (Å²) in [6, 6.07) is 7.11. The van der Waals surface area contributed by atoms with Gasteiger partial charge in [-0.1, -0.05) is 18.2 Å². The van der Waals surface area contributed by atoms with E-state index in [1.165, 1.54) is 0 Å². The highest BCUT2D eigenvalue weighted by Gasteiger charge is 2.43. The molecule has 0 unspecified atom stereocenters. The SMILES string of the molecule is NCC[C@]1(O)C(=O)Nc2ccccc21. The highest BCUT2D eigenvalue weighted by Crippen LogP contribution is 2.37. The van der Waals surface area contributed by atoms with Gasteiger partial charge in [-0.05, 0) is 12.6 Å². The van der Waals surface area contributed by atoms with Crippen LogP contribution >= 0.6 is 0 Å². The van der Waals surface area contributed by atoms with Crippen molar-refractivity contribution in [2.24, 2.45) is 5.73 Å². The molecule has 0 bridgehead atoms. The molecular formula is C10H12N2O2. The predicted octanol–water partition coefficient (Wildman–Crippen LogP) is 0.175.